The first-order valence-corrected chi connectivity index (χ1v) is 14.2. The average molecular weight is 520 g/mol. The summed E-state index contributed by atoms with van der Waals surface area (Å²) in [6.45, 7) is 6.89. The molecule has 0 atom stereocenters. The molecular formula is C30H37N3O3S. The highest BCUT2D eigenvalue weighted by atomic mass is 32.2. The number of nitrogens with one attached hydrogen (secondary N) is 2. The fourth-order valence-corrected chi connectivity index (χ4v) is 5.20. The number of para-hydroxylation sites is 1. The van der Waals surface area contributed by atoms with Gasteiger partial charge in [0.05, 0.1) is 16.8 Å². The van der Waals surface area contributed by atoms with E-state index >= 15 is 0 Å². The van der Waals surface area contributed by atoms with Crippen molar-refractivity contribution in [3.63, 3.8) is 0 Å². The second kappa shape index (κ2) is 12.0. The van der Waals surface area contributed by atoms with E-state index in [0.29, 0.717) is 30.5 Å². The minimum absolute atomic E-state index is 0.0608. The maximum Gasteiger partial charge on any atom is 0.407 e. The quantitative estimate of drug-likeness (QED) is 0.340. The lowest BCUT2D eigenvalue weighted by molar-refractivity contribution is 0.0512. The Balaban J connectivity index is 1.35. The molecule has 37 heavy (non-hydrogen) atoms. The van der Waals surface area contributed by atoms with Gasteiger partial charge in [0.15, 0.2) is 0 Å². The Hall–Kier alpha value is -3.06. The molecule has 6 nitrogen and oxygen atoms in total. The van der Waals surface area contributed by atoms with Crippen molar-refractivity contribution in [3.05, 3.63) is 60.2 Å². The lowest BCUT2D eigenvalue weighted by Gasteiger charge is -2.29. The van der Waals surface area contributed by atoms with Crippen molar-refractivity contribution in [1.29, 1.82) is 0 Å². The van der Waals surface area contributed by atoms with Gasteiger partial charge in [0.1, 0.15) is 5.60 Å². The summed E-state index contributed by atoms with van der Waals surface area (Å²) in [4.78, 5) is 31.3. The molecule has 0 aliphatic heterocycles. The second-order valence-corrected chi connectivity index (χ2v) is 11.7. The lowest BCUT2D eigenvalue weighted by Crippen LogP contribution is -2.37. The number of carbonyl (C=O) groups is 2. The first-order chi connectivity index (χ1) is 17.7. The molecule has 2 amide bonds. The molecule has 0 bridgehead atoms. The smallest absolute Gasteiger partial charge is 0.407 e. The van der Waals surface area contributed by atoms with Crippen molar-refractivity contribution >= 4 is 34.7 Å². The van der Waals surface area contributed by atoms with Gasteiger partial charge in [-0.15, -0.1) is 11.8 Å². The van der Waals surface area contributed by atoms with Crippen LogP contribution in [0.3, 0.4) is 0 Å². The molecule has 7 heteroatoms. The third-order valence-electron chi connectivity index (χ3n) is 6.80. The summed E-state index contributed by atoms with van der Waals surface area (Å²) in [7, 11) is 0. The summed E-state index contributed by atoms with van der Waals surface area (Å²) >= 11 is 1.70. The minimum atomic E-state index is -0.486. The van der Waals surface area contributed by atoms with E-state index in [-0.39, 0.29) is 12.0 Å². The van der Waals surface area contributed by atoms with Gasteiger partial charge in [0.25, 0.3) is 5.91 Å². The summed E-state index contributed by atoms with van der Waals surface area (Å²) in [5, 5.41) is 6.95. The zero-order chi connectivity index (χ0) is 26.4. The van der Waals surface area contributed by atoms with Crippen LogP contribution in [0.5, 0.6) is 0 Å². The summed E-state index contributed by atoms with van der Waals surface area (Å²) < 4.78 is 5.33. The number of rotatable bonds is 7. The number of ether oxygens (including phenoxy) is 1. The van der Waals surface area contributed by atoms with Crippen molar-refractivity contribution in [3.8, 4) is 11.3 Å². The Morgan fingerprint density at radius 2 is 1.57 bits per heavy atom. The lowest BCUT2D eigenvalue weighted by atomic mass is 9.82. The molecule has 3 aromatic rings. The van der Waals surface area contributed by atoms with E-state index in [1.54, 1.807) is 11.8 Å². The number of fused-ring (bicyclic) bond motifs is 1. The van der Waals surface area contributed by atoms with Gasteiger partial charge < -0.3 is 15.4 Å². The molecule has 2 N–H and O–H groups in total. The first kappa shape index (κ1) is 27.0. The number of hydrogen-bond acceptors (Lipinski definition) is 5. The molecule has 4 rings (SSSR count). The van der Waals surface area contributed by atoms with Crippen LogP contribution in [-0.2, 0) is 4.74 Å². The number of carbonyl (C=O) groups excluding carboxylic acids is 2. The number of hydrogen-bond donors (Lipinski definition) is 2. The van der Waals surface area contributed by atoms with E-state index in [1.165, 1.54) is 4.90 Å². The van der Waals surface area contributed by atoms with Crippen LogP contribution in [0.2, 0.25) is 0 Å². The molecule has 0 unspecified atom stereocenters. The Kier molecular flexibility index (Phi) is 8.75. The van der Waals surface area contributed by atoms with Gasteiger partial charge in [-0.1, -0.05) is 30.3 Å². The SMILES string of the molecule is CSc1ccc(-c2cc(C(=O)NCC3CCC(CNC(=O)OC(C)(C)C)CC3)c3ccccc3n2)cc1. The predicted molar refractivity (Wildman–Crippen MR) is 151 cm³/mol. The van der Waals surface area contributed by atoms with Crippen LogP contribution in [0.4, 0.5) is 4.79 Å². The molecule has 1 saturated carbocycles. The Morgan fingerprint density at radius 1 is 0.946 bits per heavy atom. The van der Waals surface area contributed by atoms with Crippen LogP contribution in [0.15, 0.2) is 59.5 Å². The van der Waals surface area contributed by atoms with Gasteiger partial charge >= 0.3 is 6.09 Å². The first-order valence-electron chi connectivity index (χ1n) is 13.0. The molecule has 1 fully saturated rings. The van der Waals surface area contributed by atoms with Gasteiger partial charge in [-0.3, -0.25) is 4.79 Å². The number of pyridine rings is 1. The van der Waals surface area contributed by atoms with E-state index < -0.39 is 5.60 Å². The molecule has 1 aliphatic carbocycles. The largest absolute Gasteiger partial charge is 0.444 e. The highest BCUT2D eigenvalue weighted by Crippen LogP contribution is 2.29. The number of amides is 2. The van der Waals surface area contributed by atoms with E-state index in [9.17, 15) is 9.59 Å². The third kappa shape index (κ3) is 7.48. The van der Waals surface area contributed by atoms with Crippen molar-refractivity contribution < 1.29 is 14.3 Å². The number of alkyl carbamates (subject to hydrolysis) is 1. The maximum atomic E-state index is 13.3. The third-order valence-corrected chi connectivity index (χ3v) is 7.54. The van der Waals surface area contributed by atoms with E-state index in [1.807, 2.05) is 51.1 Å². The highest BCUT2D eigenvalue weighted by molar-refractivity contribution is 7.98. The average Bonchev–Trinajstić information content (AvgIpc) is 2.89. The van der Waals surface area contributed by atoms with Crippen LogP contribution in [0.1, 0.15) is 56.8 Å². The molecule has 0 radical (unpaired) electrons. The van der Waals surface area contributed by atoms with Crippen LogP contribution in [0, 0.1) is 11.8 Å². The maximum absolute atomic E-state index is 13.3. The van der Waals surface area contributed by atoms with Crippen LogP contribution in [0.25, 0.3) is 22.2 Å². The summed E-state index contributed by atoms with van der Waals surface area (Å²) in [5.74, 6) is 0.825. The van der Waals surface area contributed by atoms with E-state index in [2.05, 4.69) is 41.2 Å². The molecule has 196 valence electrons. The molecule has 0 spiro atoms. The molecular weight excluding hydrogens is 482 g/mol. The zero-order valence-corrected chi connectivity index (χ0v) is 23.0. The van der Waals surface area contributed by atoms with Gasteiger partial charge in [-0.25, -0.2) is 9.78 Å². The summed E-state index contributed by atoms with van der Waals surface area (Å²) in [5.41, 5.74) is 2.78. The summed E-state index contributed by atoms with van der Waals surface area (Å²) in [6, 6.07) is 18.0. The molecule has 2 aromatic carbocycles. The predicted octanol–water partition coefficient (Wildman–Crippen LogP) is 6.68. The van der Waals surface area contributed by atoms with Gasteiger partial charge in [-0.05, 0) is 88.8 Å². The van der Waals surface area contributed by atoms with Crippen molar-refractivity contribution in [1.82, 2.24) is 15.6 Å². The van der Waals surface area contributed by atoms with Crippen LogP contribution >= 0.6 is 11.8 Å². The number of thioether (sulfide) groups is 1. The van der Waals surface area contributed by atoms with Gasteiger partial charge in [0, 0.05) is 28.9 Å². The fourth-order valence-electron chi connectivity index (χ4n) is 4.79. The van der Waals surface area contributed by atoms with Crippen molar-refractivity contribution in [2.75, 3.05) is 19.3 Å². The molecule has 1 aliphatic rings. The van der Waals surface area contributed by atoms with E-state index in [0.717, 1.165) is 47.8 Å². The Labute approximate surface area is 224 Å². The Morgan fingerprint density at radius 3 is 2.19 bits per heavy atom. The van der Waals surface area contributed by atoms with Crippen molar-refractivity contribution in [2.45, 2.75) is 57.0 Å². The molecule has 1 heterocycles. The van der Waals surface area contributed by atoms with Gasteiger partial charge in [-0.2, -0.15) is 0 Å². The zero-order valence-electron chi connectivity index (χ0n) is 22.2. The minimum Gasteiger partial charge on any atom is -0.444 e. The van der Waals surface area contributed by atoms with Crippen LogP contribution < -0.4 is 10.6 Å². The van der Waals surface area contributed by atoms with Crippen LogP contribution in [-0.4, -0.2) is 41.9 Å². The standard InChI is InChI=1S/C30H37N3O3S/c1-30(2,3)36-29(35)32-19-21-11-9-20(10-12-21)18-31-28(34)25-17-27(22-13-15-23(37-4)16-14-22)33-26-8-6-5-7-24(25)26/h5-8,13-17,20-21H,9-12,18-19H2,1-4H3,(H,31,34)(H,32,35). The monoisotopic (exact) mass is 519 g/mol. The normalized spacial score (nSPS) is 17.8. The van der Waals surface area contributed by atoms with Crippen molar-refractivity contribution in [2.24, 2.45) is 11.8 Å². The molecule has 0 saturated heterocycles. The summed E-state index contributed by atoms with van der Waals surface area (Å²) in [6.07, 6.45) is 5.83. The number of aromatic nitrogens is 1. The second-order valence-electron chi connectivity index (χ2n) is 10.8. The van der Waals surface area contributed by atoms with E-state index in [4.69, 9.17) is 9.72 Å². The Bertz CT molecular complexity index is 1230. The molecule has 1 aromatic heterocycles. The highest BCUT2D eigenvalue weighted by Gasteiger charge is 2.24. The van der Waals surface area contributed by atoms with Gasteiger partial charge in [0.2, 0.25) is 0 Å². The number of nitrogens with zero attached hydrogens (tertiary/aromatic N) is 1. The topological polar surface area (TPSA) is 80.3 Å². The fraction of sp³-hybridized carbons (Fsp3) is 0.433. The number of benzene rings is 2.